The Morgan fingerprint density at radius 2 is 1.71 bits per heavy atom. The van der Waals surface area contributed by atoms with Crippen LogP contribution in [0.1, 0.15) is 5.56 Å². The summed E-state index contributed by atoms with van der Waals surface area (Å²) in [6.07, 6.45) is 1.70. The summed E-state index contributed by atoms with van der Waals surface area (Å²) in [5.74, 6) is 2.35. The van der Waals surface area contributed by atoms with Crippen molar-refractivity contribution in [2.45, 2.75) is 6.92 Å². The second-order valence-corrected chi connectivity index (χ2v) is 8.36. The molecule has 6 rings (SSSR count). The minimum absolute atomic E-state index is 0.281. The highest BCUT2D eigenvalue weighted by Crippen LogP contribution is 2.29. The van der Waals surface area contributed by atoms with Crippen LogP contribution in [-0.4, -0.2) is 24.5 Å². The average Bonchev–Trinajstić information content (AvgIpc) is 3.41. The number of hydrogen-bond donors (Lipinski definition) is 2. The van der Waals surface area contributed by atoms with Crippen LogP contribution in [0.5, 0.6) is 11.5 Å². The Morgan fingerprint density at radius 3 is 2.57 bits per heavy atom. The lowest BCUT2D eigenvalue weighted by Crippen LogP contribution is -1.98. The highest BCUT2D eigenvalue weighted by Gasteiger charge is 2.12. The lowest BCUT2D eigenvalue weighted by atomic mass is 10.2. The molecule has 0 saturated carbocycles. The summed E-state index contributed by atoms with van der Waals surface area (Å²) in [6.45, 7) is 2.04. The molecule has 7 nitrogen and oxygen atoms in total. The molecule has 0 aliphatic rings. The first-order valence-electron chi connectivity index (χ1n) is 11.1. The predicted octanol–water partition coefficient (Wildman–Crippen LogP) is 6.50. The second kappa shape index (κ2) is 8.25. The Hall–Kier alpha value is -4.72. The molecule has 172 valence electrons. The summed E-state index contributed by atoms with van der Waals surface area (Å²) in [6, 6.07) is 21.7. The Balaban J connectivity index is 1.27. The van der Waals surface area contributed by atoms with Crippen molar-refractivity contribution >= 4 is 33.7 Å². The molecule has 3 heterocycles. The van der Waals surface area contributed by atoms with Crippen molar-refractivity contribution in [3.63, 3.8) is 0 Å². The standard InChI is InChI=1S/C27H21FN6O/c1-16-3-9-21-22(13-16)32-26(31-21)24-15-20(11-12-29-24)35-19-8-10-25-23(14-19)33-27(34(25)2)30-18-6-4-17(28)5-7-18/h3-15H,1-2H3,(H,30,33)(H,31,32). The minimum Gasteiger partial charge on any atom is -0.457 e. The van der Waals surface area contributed by atoms with Crippen molar-refractivity contribution in [3.05, 3.63) is 90.4 Å². The van der Waals surface area contributed by atoms with Crippen LogP contribution in [0, 0.1) is 12.7 Å². The molecule has 0 aliphatic carbocycles. The number of hydrogen-bond acceptors (Lipinski definition) is 5. The van der Waals surface area contributed by atoms with E-state index < -0.39 is 0 Å². The number of rotatable bonds is 5. The normalized spacial score (nSPS) is 11.3. The maximum Gasteiger partial charge on any atom is 0.208 e. The van der Waals surface area contributed by atoms with Crippen LogP contribution in [0.15, 0.2) is 79.0 Å². The van der Waals surface area contributed by atoms with Crippen LogP contribution >= 0.6 is 0 Å². The molecule has 8 heteroatoms. The Labute approximate surface area is 200 Å². The van der Waals surface area contributed by atoms with E-state index in [0.29, 0.717) is 29.0 Å². The van der Waals surface area contributed by atoms with Crippen LogP contribution in [0.2, 0.25) is 0 Å². The van der Waals surface area contributed by atoms with Crippen molar-refractivity contribution in [1.29, 1.82) is 0 Å². The molecule has 3 aromatic heterocycles. The molecule has 2 N–H and O–H groups in total. The van der Waals surface area contributed by atoms with Gasteiger partial charge in [0.25, 0.3) is 0 Å². The van der Waals surface area contributed by atoms with E-state index in [1.54, 1.807) is 24.4 Å². The molecule has 3 aromatic carbocycles. The number of nitrogens with zero attached hydrogens (tertiary/aromatic N) is 4. The number of aromatic nitrogens is 5. The van der Waals surface area contributed by atoms with Gasteiger partial charge in [0, 0.05) is 31.1 Å². The second-order valence-electron chi connectivity index (χ2n) is 8.36. The van der Waals surface area contributed by atoms with Crippen molar-refractivity contribution < 1.29 is 9.13 Å². The zero-order valence-corrected chi connectivity index (χ0v) is 19.1. The monoisotopic (exact) mass is 464 g/mol. The Morgan fingerprint density at radius 1 is 0.886 bits per heavy atom. The number of anilines is 2. The van der Waals surface area contributed by atoms with E-state index in [-0.39, 0.29) is 5.82 Å². The number of benzene rings is 3. The van der Waals surface area contributed by atoms with E-state index in [1.165, 1.54) is 12.1 Å². The zero-order chi connectivity index (χ0) is 23.9. The molecule has 6 aromatic rings. The summed E-state index contributed by atoms with van der Waals surface area (Å²) < 4.78 is 21.3. The highest BCUT2D eigenvalue weighted by molar-refractivity contribution is 5.81. The first-order chi connectivity index (χ1) is 17.0. The van der Waals surface area contributed by atoms with Crippen molar-refractivity contribution in [2.75, 3.05) is 5.32 Å². The van der Waals surface area contributed by atoms with Gasteiger partial charge in [-0.05, 0) is 67.1 Å². The number of nitrogens with one attached hydrogen (secondary N) is 2. The predicted molar refractivity (Wildman–Crippen MR) is 135 cm³/mol. The minimum atomic E-state index is -0.281. The van der Waals surface area contributed by atoms with Gasteiger partial charge in [-0.25, -0.2) is 14.4 Å². The fourth-order valence-corrected chi connectivity index (χ4v) is 3.99. The van der Waals surface area contributed by atoms with Crippen molar-refractivity contribution in [2.24, 2.45) is 7.05 Å². The molecule has 0 spiro atoms. The molecule has 0 fully saturated rings. The maximum atomic E-state index is 13.2. The molecule has 0 bridgehead atoms. The third-order valence-corrected chi connectivity index (χ3v) is 5.80. The van der Waals surface area contributed by atoms with Crippen LogP contribution in [0.4, 0.5) is 16.0 Å². The van der Waals surface area contributed by atoms with Gasteiger partial charge in [0.2, 0.25) is 5.95 Å². The third-order valence-electron chi connectivity index (χ3n) is 5.80. The zero-order valence-electron chi connectivity index (χ0n) is 19.1. The van der Waals surface area contributed by atoms with E-state index in [0.717, 1.165) is 33.3 Å². The molecule has 0 unspecified atom stereocenters. The first kappa shape index (κ1) is 20.9. The summed E-state index contributed by atoms with van der Waals surface area (Å²) in [5, 5.41) is 3.22. The van der Waals surface area contributed by atoms with E-state index >= 15 is 0 Å². The molecule has 0 aliphatic heterocycles. The van der Waals surface area contributed by atoms with E-state index in [9.17, 15) is 4.39 Å². The quantitative estimate of drug-likeness (QED) is 0.305. The number of H-pyrrole nitrogens is 1. The molecule has 0 radical (unpaired) electrons. The fourth-order valence-electron chi connectivity index (χ4n) is 3.99. The number of ether oxygens (including phenoxy) is 1. The lowest BCUT2D eigenvalue weighted by Gasteiger charge is -2.07. The van der Waals surface area contributed by atoms with Gasteiger partial charge >= 0.3 is 0 Å². The van der Waals surface area contributed by atoms with Gasteiger partial charge < -0.3 is 19.6 Å². The van der Waals surface area contributed by atoms with Gasteiger partial charge in [0.15, 0.2) is 5.82 Å². The number of aromatic amines is 1. The first-order valence-corrected chi connectivity index (χ1v) is 11.1. The Kier molecular flexibility index (Phi) is 4.92. The topological polar surface area (TPSA) is 80.6 Å². The van der Waals surface area contributed by atoms with Crippen molar-refractivity contribution in [3.8, 4) is 23.0 Å². The smallest absolute Gasteiger partial charge is 0.208 e. The van der Waals surface area contributed by atoms with Crippen LogP contribution in [0.25, 0.3) is 33.6 Å². The van der Waals surface area contributed by atoms with E-state index in [1.807, 2.05) is 61.0 Å². The number of fused-ring (bicyclic) bond motifs is 2. The SMILES string of the molecule is Cc1ccc2[nH]c(-c3cc(Oc4ccc5c(c4)nc(Nc4ccc(F)cc4)n5C)ccn3)nc2c1. The number of pyridine rings is 1. The molecule has 0 atom stereocenters. The van der Waals surface area contributed by atoms with Gasteiger partial charge in [-0.15, -0.1) is 0 Å². The summed E-state index contributed by atoms with van der Waals surface area (Å²) >= 11 is 0. The van der Waals surface area contributed by atoms with Crippen LogP contribution in [0.3, 0.4) is 0 Å². The van der Waals surface area contributed by atoms with Crippen molar-refractivity contribution in [1.82, 2.24) is 24.5 Å². The maximum absolute atomic E-state index is 13.2. The highest BCUT2D eigenvalue weighted by atomic mass is 19.1. The Bertz CT molecular complexity index is 1690. The largest absolute Gasteiger partial charge is 0.457 e. The number of imidazole rings is 2. The van der Waals surface area contributed by atoms with Gasteiger partial charge in [0.05, 0.1) is 22.1 Å². The summed E-state index contributed by atoms with van der Waals surface area (Å²) in [4.78, 5) is 17.1. The average molecular weight is 465 g/mol. The molecule has 0 saturated heterocycles. The van der Waals surface area contributed by atoms with Crippen LogP contribution in [-0.2, 0) is 7.05 Å². The summed E-state index contributed by atoms with van der Waals surface area (Å²) in [7, 11) is 1.92. The third kappa shape index (κ3) is 4.06. The summed E-state index contributed by atoms with van der Waals surface area (Å²) in [5.41, 5.74) is 6.18. The fraction of sp³-hybridized carbons (Fsp3) is 0.0741. The van der Waals surface area contributed by atoms with E-state index in [2.05, 4.69) is 25.3 Å². The lowest BCUT2D eigenvalue weighted by molar-refractivity contribution is 0.483. The van der Waals surface area contributed by atoms with E-state index in [4.69, 9.17) is 4.74 Å². The van der Waals surface area contributed by atoms with Gasteiger partial charge in [-0.3, -0.25) is 4.98 Å². The molecular weight excluding hydrogens is 443 g/mol. The molecule has 0 amide bonds. The van der Waals surface area contributed by atoms with Gasteiger partial charge in [0.1, 0.15) is 23.0 Å². The van der Waals surface area contributed by atoms with Gasteiger partial charge in [-0.2, -0.15) is 0 Å². The molecule has 35 heavy (non-hydrogen) atoms. The number of aryl methyl sites for hydroxylation is 2. The van der Waals surface area contributed by atoms with Crippen LogP contribution < -0.4 is 10.1 Å². The number of halogens is 1. The molecular formula is C27H21FN6O. The van der Waals surface area contributed by atoms with Gasteiger partial charge in [-0.1, -0.05) is 6.07 Å².